The van der Waals surface area contributed by atoms with Crippen LogP contribution in [0.15, 0.2) is 33.5 Å². The van der Waals surface area contributed by atoms with E-state index < -0.39 is 0 Å². The highest BCUT2D eigenvalue weighted by atomic mass is 79.9. The van der Waals surface area contributed by atoms with Crippen LogP contribution in [0.3, 0.4) is 0 Å². The van der Waals surface area contributed by atoms with E-state index in [-0.39, 0.29) is 11.5 Å². The van der Waals surface area contributed by atoms with Crippen molar-refractivity contribution in [3.63, 3.8) is 0 Å². The van der Waals surface area contributed by atoms with Crippen molar-refractivity contribution < 1.29 is 9.21 Å². The number of ketones is 1. The summed E-state index contributed by atoms with van der Waals surface area (Å²) in [5.74, 6) is 0.0613. The van der Waals surface area contributed by atoms with E-state index >= 15 is 0 Å². The lowest BCUT2D eigenvalue weighted by Gasteiger charge is -1.92. The number of hydrogen-bond donors (Lipinski definition) is 0. The molecule has 2 aromatic rings. The Morgan fingerprint density at radius 3 is 2.86 bits per heavy atom. The van der Waals surface area contributed by atoms with Crippen LogP contribution in [0.25, 0.3) is 0 Å². The number of aryl methyl sites for hydroxylation is 1. The van der Waals surface area contributed by atoms with Crippen molar-refractivity contribution in [2.24, 2.45) is 7.05 Å². The summed E-state index contributed by atoms with van der Waals surface area (Å²) in [4.78, 5) is 11.7. The Kier molecular flexibility index (Phi) is 2.25. The van der Waals surface area contributed by atoms with Crippen LogP contribution < -0.4 is 0 Å². The second-order valence-electron chi connectivity index (χ2n) is 2.80. The van der Waals surface area contributed by atoms with Crippen LogP contribution in [0.2, 0.25) is 0 Å². The average molecular weight is 255 g/mol. The average Bonchev–Trinajstić information content (AvgIpc) is 2.73. The number of halogens is 1. The molecule has 2 rings (SSSR count). The highest BCUT2D eigenvalue weighted by molar-refractivity contribution is 9.10. The molecule has 0 aliphatic rings. The molecule has 0 spiro atoms. The Labute approximate surface area is 88.6 Å². The van der Waals surface area contributed by atoms with Gasteiger partial charge in [0, 0.05) is 13.2 Å². The van der Waals surface area contributed by atoms with Crippen LogP contribution >= 0.6 is 15.9 Å². The maximum atomic E-state index is 11.7. The first kappa shape index (κ1) is 9.21. The highest BCUT2D eigenvalue weighted by Gasteiger charge is 2.17. The predicted molar refractivity (Wildman–Crippen MR) is 53.0 cm³/mol. The van der Waals surface area contributed by atoms with E-state index in [0.717, 1.165) is 0 Å². The van der Waals surface area contributed by atoms with Gasteiger partial charge >= 0.3 is 0 Å². The first-order valence-corrected chi connectivity index (χ1v) is 4.75. The minimum atomic E-state index is -0.220. The largest absolute Gasteiger partial charge is 0.460 e. The normalized spacial score (nSPS) is 10.4. The van der Waals surface area contributed by atoms with Crippen molar-refractivity contribution in [1.82, 2.24) is 9.78 Å². The number of carbonyl (C=O) groups is 1. The summed E-state index contributed by atoms with van der Waals surface area (Å²) < 4.78 is 7.26. The third-order valence-corrected chi connectivity index (χ3v) is 2.39. The molecule has 0 fully saturated rings. The Hall–Kier alpha value is -1.36. The summed E-state index contributed by atoms with van der Waals surface area (Å²) in [5.41, 5.74) is 0.378. The molecule has 0 N–H and O–H groups in total. The van der Waals surface area contributed by atoms with Gasteiger partial charge in [0.05, 0.1) is 10.7 Å². The fourth-order valence-corrected chi connectivity index (χ4v) is 1.49. The van der Waals surface area contributed by atoms with Crippen molar-refractivity contribution in [3.8, 4) is 0 Å². The van der Waals surface area contributed by atoms with Gasteiger partial charge in [-0.1, -0.05) is 0 Å². The third-order valence-electron chi connectivity index (χ3n) is 1.77. The Bertz CT molecular complexity index is 473. The molecule has 2 heterocycles. The lowest BCUT2D eigenvalue weighted by atomic mass is 10.2. The van der Waals surface area contributed by atoms with Crippen LogP contribution in [-0.2, 0) is 7.05 Å². The van der Waals surface area contributed by atoms with E-state index in [1.54, 1.807) is 30.1 Å². The van der Waals surface area contributed by atoms with Gasteiger partial charge in [-0.2, -0.15) is 5.10 Å². The Balaban J connectivity index is 2.38. The second-order valence-corrected chi connectivity index (χ2v) is 3.66. The van der Waals surface area contributed by atoms with Crippen LogP contribution in [0, 0.1) is 0 Å². The van der Waals surface area contributed by atoms with E-state index in [1.165, 1.54) is 6.26 Å². The third kappa shape index (κ3) is 1.50. The first-order valence-electron chi connectivity index (χ1n) is 3.96. The minimum Gasteiger partial charge on any atom is -0.460 e. The van der Waals surface area contributed by atoms with Gasteiger partial charge in [0.2, 0.25) is 5.78 Å². The van der Waals surface area contributed by atoms with E-state index in [0.29, 0.717) is 10.2 Å². The van der Waals surface area contributed by atoms with Gasteiger partial charge in [-0.25, -0.2) is 0 Å². The van der Waals surface area contributed by atoms with Crippen molar-refractivity contribution in [3.05, 3.63) is 40.5 Å². The number of aromatic nitrogens is 2. The molecular formula is C9H7BrN2O2. The van der Waals surface area contributed by atoms with Crippen LogP contribution in [0.5, 0.6) is 0 Å². The fraction of sp³-hybridized carbons (Fsp3) is 0.111. The lowest BCUT2D eigenvalue weighted by molar-refractivity contribution is 0.100. The van der Waals surface area contributed by atoms with Crippen molar-refractivity contribution in [1.29, 1.82) is 0 Å². The number of furan rings is 1. The summed E-state index contributed by atoms with van der Waals surface area (Å²) in [6, 6.07) is 3.33. The summed E-state index contributed by atoms with van der Waals surface area (Å²) in [6.07, 6.45) is 3.17. The standard InChI is InChI=1S/C9H7BrN2O2/c1-12-4-2-7(11-12)8(13)9-6(10)3-5-14-9/h2-5H,1H3. The monoisotopic (exact) mass is 254 g/mol. The first-order chi connectivity index (χ1) is 6.68. The smallest absolute Gasteiger partial charge is 0.249 e. The summed E-state index contributed by atoms with van der Waals surface area (Å²) in [7, 11) is 1.76. The molecule has 4 nitrogen and oxygen atoms in total. The second kappa shape index (κ2) is 3.42. The van der Waals surface area contributed by atoms with Crippen molar-refractivity contribution in [2.75, 3.05) is 0 Å². The zero-order valence-electron chi connectivity index (χ0n) is 7.40. The van der Waals surface area contributed by atoms with E-state index in [1.807, 2.05) is 0 Å². The quantitative estimate of drug-likeness (QED) is 0.771. The maximum Gasteiger partial charge on any atom is 0.249 e. The molecule has 5 heteroatoms. The predicted octanol–water partition coefficient (Wildman–Crippen LogP) is 2.01. The molecule has 72 valence electrons. The minimum absolute atomic E-state index is 0.220. The van der Waals surface area contributed by atoms with Crippen LogP contribution in [0.1, 0.15) is 16.2 Å². The van der Waals surface area contributed by atoms with Gasteiger partial charge in [-0.05, 0) is 28.1 Å². The molecule has 14 heavy (non-hydrogen) atoms. The van der Waals surface area contributed by atoms with Crippen molar-refractivity contribution >= 4 is 21.7 Å². The van der Waals surface area contributed by atoms with Gasteiger partial charge in [-0.3, -0.25) is 9.48 Å². The molecule has 0 saturated carbocycles. The molecule has 0 bridgehead atoms. The van der Waals surface area contributed by atoms with Gasteiger partial charge in [-0.15, -0.1) is 0 Å². The van der Waals surface area contributed by atoms with Crippen molar-refractivity contribution in [2.45, 2.75) is 0 Å². The summed E-state index contributed by atoms with van der Waals surface area (Å²) >= 11 is 3.22. The van der Waals surface area contributed by atoms with E-state index in [2.05, 4.69) is 21.0 Å². The van der Waals surface area contributed by atoms with Gasteiger partial charge in [0.25, 0.3) is 0 Å². The molecule has 0 unspecified atom stereocenters. The van der Waals surface area contributed by atoms with E-state index in [9.17, 15) is 4.79 Å². The molecule has 0 atom stereocenters. The Morgan fingerprint density at radius 2 is 2.36 bits per heavy atom. The van der Waals surface area contributed by atoms with Crippen LogP contribution in [0.4, 0.5) is 0 Å². The molecule has 0 aromatic carbocycles. The van der Waals surface area contributed by atoms with Gasteiger partial charge in [0.1, 0.15) is 5.69 Å². The molecule has 0 saturated heterocycles. The SMILES string of the molecule is Cn1ccc(C(=O)c2occc2Br)n1. The van der Waals surface area contributed by atoms with Gasteiger partial charge < -0.3 is 4.42 Å². The molecule has 0 aliphatic carbocycles. The number of hydrogen-bond acceptors (Lipinski definition) is 3. The molecule has 0 aliphatic heterocycles. The number of rotatable bonds is 2. The topological polar surface area (TPSA) is 48.0 Å². The molecular weight excluding hydrogens is 248 g/mol. The zero-order chi connectivity index (χ0) is 10.1. The highest BCUT2D eigenvalue weighted by Crippen LogP contribution is 2.20. The lowest BCUT2D eigenvalue weighted by Crippen LogP contribution is -2.02. The molecule has 2 aromatic heterocycles. The number of carbonyl (C=O) groups excluding carboxylic acids is 1. The summed E-state index contributed by atoms with van der Waals surface area (Å²) in [5, 5.41) is 3.99. The molecule has 0 amide bonds. The van der Waals surface area contributed by atoms with Crippen LogP contribution in [-0.4, -0.2) is 15.6 Å². The number of nitrogens with zero attached hydrogens (tertiary/aromatic N) is 2. The molecule has 0 radical (unpaired) electrons. The zero-order valence-corrected chi connectivity index (χ0v) is 8.98. The van der Waals surface area contributed by atoms with E-state index in [4.69, 9.17) is 4.42 Å². The Morgan fingerprint density at radius 1 is 1.57 bits per heavy atom. The summed E-state index contributed by atoms with van der Waals surface area (Å²) in [6.45, 7) is 0. The fourth-order valence-electron chi connectivity index (χ4n) is 1.11. The van der Waals surface area contributed by atoms with Gasteiger partial charge in [0.15, 0.2) is 5.76 Å². The maximum absolute atomic E-state index is 11.7.